The monoisotopic (exact) mass is 286 g/mol. The van der Waals surface area contributed by atoms with Crippen molar-refractivity contribution >= 4 is 17.9 Å². The number of aliphatic carboxylic acids is 1. The Labute approximate surface area is 116 Å². The average Bonchev–Trinajstić information content (AvgIpc) is 2.42. The molecule has 0 bridgehead atoms. The minimum absolute atomic E-state index is 0.169. The largest absolute Gasteiger partial charge is 0.480 e. The van der Waals surface area contributed by atoms with Crippen LogP contribution < -0.4 is 10.6 Å². The third-order valence-electron chi connectivity index (χ3n) is 2.18. The Balaban J connectivity index is 4.13. The van der Waals surface area contributed by atoms with E-state index in [0.717, 1.165) is 0 Å². The molecule has 0 aliphatic rings. The number of hydrogen-bond acceptors (Lipinski definition) is 5. The molecule has 9 nitrogen and oxygen atoms in total. The second-order valence-electron chi connectivity index (χ2n) is 3.72. The van der Waals surface area contributed by atoms with Gasteiger partial charge in [-0.15, -0.1) is 0 Å². The fourth-order valence-electron chi connectivity index (χ4n) is 1.21. The summed E-state index contributed by atoms with van der Waals surface area (Å²) in [4.78, 5) is 34.5. The van der Waals surface area contributed by atoms with Gasteiger partial charge in [-0.3, -0.25) is 9.59 Å². The number of methoxy groups -OCH3 is 1. The summed E-state index contributed by atoms with van der Waals surface area (Å²) in [6, 6.07) is 1.41. The third-order valence-corrected chi connectivity index (χ3v) is 2.18. The second-order valence-corrected chi connectivity index (χ2v) is 3.72. The van der Waals surface area contributed by atoms with E-state index in [1.54, 1.807) is 0 Å². The maximum Gasteiger partial charge on any atom is 0.322 e. The van der Waals surface area contributed by atoms with Crippen LogP contribution in [0.25, 0.3) is 0 Å². The van der Waals surface area contributed by atoms with Gasteiger partial charge in [0.2, 0.25) is 5.91 Å². The summed E-state index contributed by atoms with van der Waals surface area (Å²) < 4.78 is 4.84. The van der Waals surface area contributed by atoms with Crippen molar-refractivity contribution in [1.82, 2.24) is 15.5 Å². The van der Waals surface area contributed by atoms with Crippen molar-refractivity contribution in [2.24, 2.45) is 0 Å². The molecule has 0 atom stereocenters. The molecule has 0 spiro atoms. The molecule has 3 amide bonds. The lowest BCUT2D eigenvalue weighted by Crippen LogP contribution is -2.46. The van der Waals surface area contributed by atoms with Gasteiger partial charge in [0.05, 0.1) is 25.6 Å². The van der Waals surface area contributed by atoms with E-state index in [1.807, 2.05) is 6.07 Å². The Morgan fingerprint density at radius 2 is 1.95 bits per heavy atom. The first-order valence-corrected chi connectivity index (χ1v) is 5.88. The number of nitrogens with one attached hydrogen (secondary N) is 2. The number of carboxylic acids is 1. The highest BCUT2D eigenvalue weighted by Gasteiger charge is 2.14. The maximum absolute atomic E-state index is 11.8. The minimum Gasteiger partial charge on any atom is -0.480 e. The van der Waals surface area contributed by atoms with Gasteiger partial charge in [-0.05, 0) is 0 Å². The number of urea groups is 1. The second kappa shape index (κ2) is 10.6. The molecule has 0 rings (SSSR count). The van der Waals surface area contributed by atoms with Crippen molar-refractivity contribution in [2.45, 2.75) is 6.42 Å². The zero-order valence-corrected chi connectivity index (χ0v) is 11.2. The molecule has 0 unspecified atom stereocenters. The van der Waals surface area contributed by atoms with Crippen LogP contribution in [0.1, 0.15) is 6.42 Å². The molecule has 3 N–H and O–H groups in total. The Bertz CT molecular complexity index is 379. The summed E-state index contributed by atoms with van der Waals surface area (Å²) in [7, 11) is 1.49. The third kappa shape index (κ3) is 8.71. The van der Waals surface area contributed by atoms with Gasteiger partial charge in [0, 0.05) is 20.2 Å². The van der Waals surface area contributed by atoms with Crippen molar-refractivity contribution in [2.75, 3.05) is 39.9 Å². The molecule has 20 heavy (non-hydrogen) atoms. The lowest BCUT2D eigenvalue weighted by Gasteiger charge is -2.21. The summed E-state index contributed by atoms with van der Waals surface area (Å²) in [5, 5.41) is 21.3. The summed E-state index contributed by atoms with van der Waals surface area (Å²) in [6.07, 6.45) is 0.169. The van der Waals surface area contributed by atoms with Crippen molar-refractivity contribution in [1.29, 1.82) is 5.26 Å². The lowest BCUT2D eigenvalue weighted by molar-refractivity contribution is -0.137. The van der Waals surface area contributed by atoms with Crippen LogP contribution in [-0.2, 0) is 14.3 Å². The van der Waals surface area contributed by atoms with Crippen LogP contribution in [0, 0.1) is 11.3 Å². The molecule has 0 heterocycles. The fourth-order valence-corrected chi connectivity index (χ4v) is 1.21. The van der Waals surface area contributed by atoms with Gasteiger partial charge in [-0.1, -0.05) is 0 Å². The molecule has 0 aromatic heterocycles. The summed E-state index contributed by atoms with van der Waals surface area (Å²) in [5.41, 5.74) is 0. The number of nitrogens with zero attached hydrogens (tertiary/aromatic N) is 2. The van der Waals surface area contributed by atoms with Gasteiger partial charge in [0.15, 0.2) is 0 Å². The van der Waals surface area contributed by atoms with E-state index in [-0.39, 0.29) is 19.5 Å². The molecular weight excluding hydrogens is 268 g/mol. The number of carbonyl (C=O) groups excluding carboxylic acids is 2. The van der Waals surface area contributed by atoms with E-state index in [9.17, 15) is 14.4 Å². The average molecular weight is 286 g/mol. The number of carbonyl (C=O) groups is 3. The van der Waals surface area contributed by atoms with Gasteiger partial charge >= 0.3 is 12.0 Å². The first kappa shape index (κ1) is 17.7. The molecule has 0 aromatic rings. The SMILES string of the molecule is COCCN(CCC#N)C(=O)NCC(=O)NCC(=O)O. The van der Waals surface area contributed by atoms with Crippen LogP contribution >= 0.6 is 0 Å². The molecule has 0 radical (unpaired) electrons. The van der Waals surface area contributed by atoms with Gasteiger partial charge in [-0.25, -0.2) is 4.79 Å². The molecule has 0 fully saturated rings. The predicted octanol–water partition coefficient (Wildman–Crippen LogP) is -1.24. The Morgan fingerprint density at radius 1 is 1.25 bits per heavy atom. The molecular formula is C11H18N4O5. The topological polar surface area (TPSA) is 132 Å². The van der Waals surface area contributed by atoms with Crippen LogP contribution in [0.3, 0.4) is 0 Å². The Kier molecular flexibility index (Phi) is 9.33. The maximum atomic E-state index is 11.8. The zero-order valence-electron chi connectivity index (χ0n) is 11.2. The zero-order chi connectivity index (χ0) is 15.4. The molecule has 0 aliphatic carbocycles. The van der Waals surface area contributed by atoms with E-state index in [0.29, 0.717) is 13.2 Å². The Hall–Kier alpha value is -2.34. The highest BCUT2D eigenvalue weighted by molar-refractivity contribution is 5.86. The molecule has 0 saturated heterocycles. The van der Waals surface area contributed by atoms with E-state index in [2.05, 4.69) is 10.6 Å². The Morgan fingerprint density at radius 3 is 2.50 bits per heavy atom. The first-order valence-electron chi connectivity index (χ1n) is 5.88. The molecule has 0 saturated carbocycles. The number of nitriles is 1. The normalized spacial score (nSPS) is 9.40. The van der Waals surface area contributed by atoms with Crippen molar-refractivity contribution in [3.8, 4) is 6.07 Å². The number of hydrogen-bond donors (Lipinski definition) is 3. The lowest BCUT2D eigenvalue weighted by atomic mass is 10.4. The predicted molar refractivity (Wildman–Crippen MR) is 67.7 cm³/mol. The summed E-state index contributed by atoms with van der Waals surface area (Å²) in [5.74, 6) is -1.77. The van der Waals surface area contributed by atoms with Crippen LogP contribution in [-0.4, -0.2) is 67.8 Å². The van der Waals surface area contributed by atoms with E-state index >= 15 is 0 Å². The van der Waals surface area contributed by atoms with Gasteiger partial charge < -0.3 is 25.4 Å². The van der Waals surface area contributed by atoms with Crippen LogP contribution in [0.2, 0.25) is 0 Å². The first-order chi connectivity index (χ1) is 9.51. The molecule has 0 aromatic carbocycles. The van der Waals surface area contributed by atoms with Crippen molar-refractivity contribution in [3.05, 3.63) is 0 Å². The van der Waals surface area contributed by atoms with E-state index in [4.69, 9.17) is 15.1 Å². The number of rotatable bonds is 9. The minimum atomic E-state index is -1.17. The molecule has 112 valence electrons. The number of carboxylic acid groups (broad SMARTS) is 1. The van der Waals surface area contributed by atoms with Gasteiger partial charge in [0.25, 0.3) is 0 Å². The summed E-state index contributed by atoms with van der Waals surface area (Å²) >= 11 is 0. The van der Waals surface area contributed by atoms with Crippen molar-refractivity contribution < 1.29 is 24.2 Å². The summed E-state index contributed by atoms with van der Waals surface area (Å²) in [6.45, 7) is -0.00801. The smallest absolute Gasteiger partial charge is 0.322 e. The van der Waals surface area contributed by atoms with E-state index in [1.165, 1.54) is 12.0 Å². The number of amides is 3. The standard InChI is InChI=1S/C11H18N4O5/c1-20-6-5-15(4-2-3-12)11(19)14-7-9(16)13-8-10(17)18/h2,4-8H2,1H3,(H,13,16)(H,14,19)(H,17,18). The molecule has 0 aliphatic heterocycles. The quantitative estimate of drug-likeness (QED) is 0.485. The van der Waals surface area contributed by atoms with Crippen LogP contribution in [0.5, 0.6) is 0 Å². The van der Waals surface area contributed by atoms with Gasteiger partial charge in [-0.2, -0.15) is 5.26 Å². The van der Waals surface area contributed by atoms with Gasteiger partial charge in [0.1, 0.15) is 6.54 Å². The highest BCUT2D eigenvalue weighted by atomic mass is 16.5. The highest BCUT2D eigenvalue weighted by Crippen LogP contribution is 1.92. The van der Waals surface area contributed by atoms with Crippen molar-refractivity contribution in [3.63, 3.8) is 0 Å². The van der Waals surface area contributed by atoms with Crippen LogP contribution in [0.4, 0.5) is 4.79 Å². The molecule has 9 heteroatoms. The fraction of sp³-hybridized carbons (Fsp3) is 0.636. The van der Waals surface area contributed by atoms with Crippen LogP contribution in [0.15, 0.2) is 0 Å². The van der Waals surface area contributed by atoms with E-state index < -0.39 is 24.5 Å². The number of ether oxygens (including phenoxy) is 1.